The smallest absolute Gasteiger partial charge is 0.335 e. The van der Waals surface area contributed by atoms with E-state index in [0.29, 0.717) is 6.17 Å². The van der Waals surface area contributed by atoms with E-state index in [4.69, 9.17) is 10.2 Å². The monoisotopic (exact) mass is 352 g/mol. The van der Waals surface area contributed by atoms with Crippen LogP contribution in [0.4, 0.5) is 0 Å². The topological polar surface area (TPSA) is 98.7 Å². The minimum absolute atomic E-state index is 0. The third kappa shape index (κ3) is 6.62. The molecule has 0 spiro atoms. The van der Waals surface area contributed by atoms with Gasteiger partial charge in [0, 0.05) is 0 Å². The molecular formula is C14H22Cl2N2O4. The van der Waals surface area contributed by atoms with E-state index in [1.807, 2.05) is 7.05 Å². The first-order chi connectivity index (χ1) is 9.47. The molecule has 1 aromatic rings. The molecule has 0 bridgehead atoms. The van der Waals surface area contributed by atoms with E-state index in [1.54, 1.807) is 0 Å². The zero-order valence-electron chi connectivity index (χ0n) is 12.5. The Labute approximate surface area is 142 Å². The maximum atomic E-state index is 10.6. The SMILES string of the molecule is CNC1CCCN1.Cc1c(C(=O)O)cccc1C(=O)O.Cl.Cl. The molecule has 0 aliphatic carbocycles. The minimum atomic E-state index is -1.11. The van der Waals surface area contributed by atoms with Gasteiger partial charge in [0.2, 0.25) is 0 Å². The molecule has 8 heteroatoms. The van der Waals surface area contributed by atoms with Crippen molar-refractivity contribution in [1.29, 1.82) is 0 Å². The van der Waals surface area contributed by atoms with Gasteiger partial charge in [0.15, 0.2) is 0 Å². The van der Waals surface area contributed by atoms with Crippen LogP contribution in [0.5, 0.6) is 0 Å². The highest BCUT2D eigenvalue weighted by Crippen LogP contribution is 2.13. The largest absolute Gasteiger partial charge is 0.478 e. The number of hydrogen-bond acceptors (Lipinski definition) is 4. The molecule has 2 rings (SSSR count). The Balaban J connectivity index is 0. The van der Waals surface area contributed by atoms with Gasteiger partial charge in [-0.1, -0.05) is 6.07 Å². The highest BCUT2D eigenvalue weighted by atomic mass is 35.5. The highest BCUT2D eigenvalue weighted by molar-refractivity contribution is 5.96. The molecule has 0 aromatic heterocycles. The first-order valence-electron chi connectivity index (χ1n) is 6.44. The zero-order valence-corrected chi connectivity index (χ0v) is 14.1. The Bertz CT molecular complexity index is 459. The van der Waals surface area contributed by atoms with Crippen molar-refractivity contribution in [3.05, 3.63) is 34.9 Å². The number of halogens is 2. The van der Waals surface area contributed by atoms with E-state index in [0.717, 1.165) is 0 Å². The number of benzene rings is 1. The number of carbonyl (C=O) groups is 2. The molecule has 1 aromatic carbocycles. The van der Waals surface area contributed by atoms with Gasteiger partial charge in [0.05, 0.1) is 17.3 Å². The number of rotatable bonds is 3. The third-order valence-corrected chi connectivity index (χ3v) is 3.20. The van der Waals surface area contributed by atoms with Crippen molar-refractivity contribution in [1.82, 2.24) is 10.6 Å². The maximum Gasteiger partial charge on any atom is 0.335 e. The predicted molar refractivity (Wildman–Crippen MR) is 89.7 cm³/mol. The van der Waals surface area contributed by atoms with Gasteiger partial charge in [0.25, 0.3) is 0 Å². The van der Waals surface area contributed by atoms with E-state index >= 15 is 0 Å². The molecule has 1 saturated heterocycles. The van der Waals surface area contributed by atoms with E-state index in [1.165, 1.54) is 44.5 Å². The summed E-state index contributed by atoms with van der Waals surface area (Å²) in [5.41, 5.74) is 0.335. The standard InChI is InChI=1S/C9H8O4.C5H12N2.2ClH/c1-5-6(8(10)11)3-2-4-7(5)9(12)13;1-6-5-3-2-4-7-5;;/h2-4H,1H3,(H,10,11)(H,12,13);5-7H,2-4H2,1H3;2*1H. The van der Waals surface area contributed by atoms with Crippen molar-refractivity contribution in [2.75, 3.05) is 13.6 Å². The molecule has 0 radical (unpaired) electrons. The molecule has 0 amide bonds. The van der Waals surface area contributed by atoms with Crippen molar-refractivity contribution in [3.8, 4) is 0 Å². The molecular weight excluding hydrogens is 331 g/mol. The molecule has 1 atom stereocenters. The van der Waals surface area contributed by atoms with Crippen LogP contribution in [0.2, 0.25) is 0 Å². The van der Waals surface area contributed by atoms with Gasteiger partial charge >= 0.3 is 11.9 Å². The highest BCUT2D eigenvalue weighted by Gasteiger charge is 2.13. The summed E-state index contributed by atoms with van der Waals surface area (Å²) in [4.78, 5) is 21.2. The van der Waals surface area contributed by atoms with E-state index < -0.39 is 11.9 Å². The van der Waals surface area contributed by atoms with Crippen molar-refractivity contribution >= 4 is 36.8 Å². The van der Waals surface area contributed by atoms with Crippen LogP contribution in [0.25, 0.3) is 0 Å². The normalized spacial score (nSPS) is 15.6. The number of nitrogens with one attached hydrogen (secondary N) is 2. The van der Waals surface area contributed by atoms with Crippen LogP contribution < -0.4 is 10.6 Å². The lowest BCUT2D eigenvalue weighted by Gasteiger charge is -2.05. The van der Waals surface area contributed by atoms with E-state index in [-0.39, 0.29) is 41.5 Å². The zero-order chi connectivity index (χ0) is 15.1. The van der Waals surface area contributed by atoms with Gasteiger partial charge in [-0.2, -0.15) is 0 Å². The summed E-state index contributed by atoms with van der Waals surface area (Å²) in [5, 5.41) is 23.8. The van der Waals surface area contributed by atoms with Gasteiger partial charge in [-0.05, 0) is 51.1 Å². The molecule has 0 saturated carbocycles. The Hall–Kier alpha value is -1.34. The molecule has 1 unspecified atom stereocenters. The lowest BCUT2D eigenvalue weighted by Crippen LogP contribution is -2.34. The van der Waals surface area contributed by atoms with Gasteiger partial charge in [0.1, 0.15) is 0 Å². The second kappa shape index (κ2) is 11.3. The number of aromatic carboxylic acids is 2. The van der Waals surface area contributed by atoms with Crippen LogP contribution in [0.15, 0.2) is 18.2 Å². The quantitative estimate of drug-likeness (QED) is 0.665. The van der Waals surface area contributed by atoms with Crippen LogP contribution in [0.3, 0.4) is 0 Å². The van der Waals surface area contributed by atoms with E-state index in [2.05, 4.69) is 10.6 Å². The first kappa shape index (κ1) is 22.9. The maximum absolute atomic E-state index is 10.6. The first-order valence-corrected chi connectivity index (χ1v) is 6.44. The van der Waals surface area contributed by atoms with Gasteiger partial charge in [-0.25, -0.2) is 9.59 Å². The van der Waals surface area contributed by atoms with E-state index in [9.17, 15) is 9.59 Å². The minimum Gasteiger partial charge on any atom is -0.478 e. The summed E-state index contributed by atoms with van der Waals surface area (Å²) in [6.45, 7) is 2.67. The molecule has 6 nitrogen and oxygen atoms in total. The molecule has 1 heterocycles. The van der Waals surface area contributed by atoms with Crippen LogP contribution in [-0.2, 0) is 0 Å². The van der Waals surface area contributed by atoms with Crippen molar-refractivity contribution in [2.24, 2.45) is 0 Å². The summed E-state index contributed by atoms with van der Waals surface area (Å²) >= 11 is 0. The van der Waals surface area contributed by atoms with Crippen molar-refractivity contribution in [2.45, 2.75) is 25.9 Å². The molecule has 1 aliphatic rings. The summed E-state index contributed by atoms with van der Waals surface area (Å²) in [5.74, 6) is -2.22. The van der Waals surface area contributed by atoms with Gasteiger partial charge in [-0.3, -0.25) is 0 Å². The summed E-state index contributed by atoms with van der Waals surface area (Å²) in [7, 11) is 1.99. The number of hydrogen-bond donors (Lipinski definition) is 4. The third-order valence-electron chi connectivity index (χ3n) is 3.20. The fraction of sp³-hybridized carbons (Fsp3) is 0.429. The van der Waals surface area contributed by atoms with Crippen LogP contribution >= 0.6 is 24.8 Å². The molecule has 1 fully saturated rings. The summed E-state index contributed by atoms with van der Waals surface area (Å²) in [6.07, 6.45) is 3.21. The predicted octanol–water partition coefficient (Wildman–Crippen LogP) is 2.15. The second-order valence-electron chi connectivity index (χ2n) is 4.53. The van der Waals surface area contributed by atoms with Crippen molar-refractivity contribution in [3.63, 3.8) is 0 Å². The Morgan fingerprint density at radius 3 is 1.95 bits per heavy atom. The molecule has 4 N–H and O–H groups in total. The molecule has 22 heavy (non-hydrogen) atoms. The van der Waals surface area contributed by atoms with Crippen LogP contribution in [0, 0.1) is 6.92 Å². The summed E-state index contributed by atoms with van der Waals surface area (Å²) in [6, 6.07) is 4.17. The molecule has 126 valence electrons. The van der Waals surface area contributed by atoms with Crippen LogP contribution in [-0.4, -0.2) is 41.9 Å². The van der Waals surface area contributed by atoms with Gasteiger partial charge < -0.3 is 20.8 Å². The fourth-order valence-corrected chi connectivity index (χ4v) is 2.03. The summed E-state index contributed by atoms with van der Waals surface area (Å²) < 4.78 is 0. The second-order valence-corrected chi connectivity index (χ2v) is 4.53. The van der Waals surface area contributed by atoms with Crippen molar-refractivity contribution < 1.29 is 19.8 Å². The molecule has 1 aliphatic heterocycles. The lowest BCUT2D eigenvalue weighted by atomic mass is 10.0. The number of carboxylic acids is 2. The lowest BCUT2D eigenvalue weighted by molar-refractivity contribution is 0.0696. The Morgan fingerprint density at radius 2 is 1.68 bits per heavy atom. The van der Waals surface area contributed by atoms with Crippen LogP contribution in [0.1, 0.15) is 39.1 Å². The van der Waals surface area contributed by atoms with Gasteiger partial charge in [-0.15, -0.1) is 24.8 Å². The Morgan fingerprint density at radius 1 is 1.18 bits per heavy atom. The fourth-order valence-electron chi connectivity index (χ4n) is 2.03. The number of carboxylic acid groups (broad SMARTS) is 2. The average Bonchev–Trinajstić information content (AvgIpc) is 2.92. The average molecular weight is 353 g/mol. The Kier molecular flexibility index (Phi) is 11.7.